The van der Waals surface area contributed by atoms with Crippen molar-refractivity contribution in [3.05, 3.63) is 29.3 Å². The SMILES string of the molecule is CCOCCCOc1cc(/C(N)=N/O)ccc1C. The molecule has 0 bridgehead atoms. The third kappa shape index (κ3) is 4.25. The number of benzene rings is 1. The van der Waals surface area contributed by atoms with Crippen molar-refractivity contribution in [1.29, 1.82) is 0 Å². The molecule has 0 aliphatic carbocycles. The minimum Gasteiger partial charge on any atom is -0.493 e. The van der Waals surface area contributed by atoms with Gasteiger partial charge in [-0.25, -0.2) is 0 Å². The maximum absolute atomic E-state index is 8.63. The quantitative estimate of drug-likeness (QED) is 0.255. The maximum atomic E-state index is 8.63. The minimum absolute atomic E-state index is 0.0779. The summed E-state index contributed by atoms with van der Waals surface area (Å²) in [6, 6.07) is 5.44. The van der Waals surface area contributed by atoms with Gasteiger partial charge < -0.3 is 20.4 Å². The second kappa shape index (κ2) is 7.55. The van der Waals surface area contributed by atoms with Crippen molar-refractivity contribution in [3.8, 4) is 5.75 Å². The summed E-state index contributed by atoms with van der Waals surface area (Å²) in [7, 11) is 0. The molecule has 0 aliphatic rings. The molecule has 100 valence electrons. The van der Waals surface area contributed by atoms with E-state index in [4.69, 9.17) is 20.4 Å². The van der Waals surface area contributed by atoms with E-state index in [1.807, 2.05) is 19.9 Å². The molecule has 0 fully saturated rings. The van der Waals surface area contributed by atoms with Crippen LogP contribution in [0.3, 0.4) is 0 Å². The molecule has 1 rings (SSSR count). The van der Waals surface area contributed by atoms with Crippen LogP contribution in [-0.2, 0) is 4.74 Å². The normalized spacial score (nSPS) is 11.6. The summed E-state index contributed by atoms with van der Waals surface area (Å²) in [6.45, 7) is 5.91. The summed E-state index contributed by atoms with van der Waals surface area (Å²) in [5.41, 5.74) is 7.19. The van der Waals surface area contributed by atoms with E-state index in [2.05, 4.69) is 5.16 Å². The Bertz CT molecular complexity index is 405. The molecule has 0 aromatic heterocycles. The Balaban J connectivity index is 2.59. The van der Waals surface area contributed by atoms with Crippen molar-refractivity contribution in [2.24, 2.45) is 10.9 Å². The van der Waals surface area contributed by atoms with Crippen molar-refractivity contribution in [2.75, 3.05) is 19.8 Å². The zero-order chi connectivity index (χ0) is 13.4. The lowest BCUT2D eigenvalue weighted by atomic mass is 10.1. The zero-order valence-electron chi connectivity index (χ0n) is 10.8. The van der Waals surface area contributed by atoms with Crippen LogP contribution in [0, 0.1) is 6.92 Å². The third-order valence-electron chi connectivity index (χ3n) is 2.49. The van der Waals surface area contributed by atoms with E-state index in [9.17, 15) is 0 Å². The van der Waals surface area contributed by atoms with E-state index in [1.54, 1.807) is 12.1 Å². The van der Waals surface area contributed by atoms with Crippen molar-refractivity contribution in [2.45, 2.75) is 20.3 Å². The fourth-order valence-corrected chi connectivity index (χ4v) is 1.46. The summed E-state index contributed by atoms with van der Waals surface area (Å²) < 4.78 is 10.9. The van der Waals surface area contributed by atoms with Crippen LogP contribution in [0.25, 0.3) is 0 Å². The molecule has 1 aromatic carbocycles. The summed E-state index contributed by atoms with van der Waals surface area (Å²) in [5, 5.41) is 11.6. The molecule has 0 heterocycles. The number of ether oxygens (including phenoxy) is 2. The summed E-state index contributed by atoms with van der Waals surface area (Å²) in [6.07, 6.45) is 0.834. The second-order valence-electron chi connectivity index (χ2n) is 3.86. The van der Waals surface area contributed by atoms with Crippen LogP contribution in [0.1, 0.15) is 24.5 Å². The predicted octanol–water partition coefficient (Wildman–Crippen LogP) is 1.89. The van der Waals surface area contributed by atoms with Gasteiger partial charge in [-0.15, -0.1) is 0 Å². The average molecular weight is 252 g/mol. The van der Waals surface area contributed by atoms with Gasteiger partial charge in [0.05, 0.1) is 6.61 Å². The number of rotatable bonds is 7. The number of hydrogen-bond donors (Lipinski definition) is 2. The molecular weight excluding hydrogens is 232 g/mol. The van der Waals surface area contributed by atoms with Crippen LogP contribution < -0.4 is 10.5 Å². The van der Waals surface area contributed by atoms with Crippen molar-refractivity contribution in [1.82, 2.24) is 0 Å². The number of nitrogens with two attached hydrogens (primary N) is 1. The molecule has 0 radical (unpaired) electrons. The first kappa shape index (κ1) is 14.3. The topological polar surface area (TPSA) is 77.1 Å². The smallest absolute Gasteiger partial charge is 0.170 e. The van der Waals surface area contributed by atoms with Gasteiger partial charge in [-0.3, -0.25) is 0 Å². The van der Waals surface area contributed by atoms with Gasteiger partial charge in [-0.1, -0.05) is 17.3 Å². The molecule has 0 unspecified atom stereocenters. The lowest BCUT2D eigenvalue weighted by Crippen LogP contribution is -2.13. The summed E-state index contributed by atoms with van der Waals surface area (Å²) in [5.74, 6) is 0.824. The molecule has 1 aromatic rings. The van der Waals surface area contributed by atoms with Gasteiger partial charge in [0.1, 0.15) is 5.75 Å². The largest absolute Gasteiger partial charge is 0.493 e. The number of amidine groups is 1. The standard InChI is InChI=1S/C13H20N2O3/c1-3-17-7-4-8-18-12-9-11(13(14)15-16)6-5-10(12)2/h5-6,9,16H,3-4,7-8H2,1-2H3,(H2,14,15). The summed E-state index contributed by atoms with van der Waals surface area (Å²) in [4.78, 5) is 0. The Morgan fingerprint density at radius 3 is 2.83 bits per heavy atom. The highest BCUT2D eigenvalue weighted by molar-refractivity contribution is 5.97. The van der Waals surface area contributed by atoms with Crippen LogP contribution in [-0.4, -0.2) is 30.9 Å². The van der Waals surface area contributed by atoms with Crippen LogP contribution in [0.15, 0.2) is 23.4 Å². The summed E-state index contributed by atoms with van der Waals surface area (Å²) >= 11 is 0. The predicted molar refractivity (Wildman–Crippen MR) is 70.3 cm³/mol. The first-order valence-electron chi connectivity index (χ1n) is 5.98. The molecule has 0 saturated heterocycles. The molecule has 0 atom stereocenters. The van der Waals surface area contributed by atoms with Gasteiger partial charge in [0, 0.05) is 25.2 Å². The highest BCUT2D eigenvalue weighted by Gasteiger charge is 2.05. The van der Waals surface area contributed by atoms with Gasteiger partial charge in [-0.05, 0) is 25.5 Å². The first-order chi connectivity index (χ1) is 8.69. The lowest BCUT2D eigenvalue weighted by Gasteiger charge is -2.10. The van der Waals surface area contributed by atoms with E-state index < -0.39 is 0 Å². The fourth-order valence-electron chi connectivity index (χ4n) is 1.46. The van der Waals surface area contributed by atoms with Gasteiger partial charge in [0.25, 0.3) is 0 Å². The Kier molecular flexibility index (Phi) is 6.00. The Labute approximate surface area is 107 Å². The number of hydrogen-bond acceptors (Lipinski definition) is 4. The van der Waals surface area contributed by atoms with Crippen LogP contribution >= 0.6 is 0 Å². The average Bonchev–Trinajstić information content (AvgIpc) is 2.39. The highest BCUT2D eigenvalue weighted by Crippen LogP contribution is 2.19. The molecular formula is C13H20N2O3. The first-order valence-corrected chi connectivity index (χ1v) is 5.98. The number of oxime groups is 1. The second-order valence-corrected chi connectivity index (χ2v) is 3.86. The minimum atomic E-state index is 0.0779. The molecule has 18 heavy (non-hydrogen) atoms. The Morgan fingerprint density at radius 1 is 1.39 bits per heavy atom. The van der Waals surface area contributed by atoms with E-state index in [-0.39, 0.29) is 5.84 Å². The van der Waals surface area contributed by atoms with Crippen molar-refractivity contribution < 1.29 is 14.7 Å². The van der Waals surface area contributed by atoms with E-state index in [1.165, 1.54) is 0 Å². The number of nitrogens with zero attached hydrogens (tertiary/aromatic N) is 1. The molecule has 3 N–H and O–H groups in total. The number of aryl methyl sites for hydroxylation is 1. The monoisotopic (exact) mass is 252 g/mol. The maximum Gasteiger partial charge on any atom is 0.170 e. The van der Waals surface area contributed by atoms with Crippen molar-refractivity contribution in [3.63, 3.8) is 0 Å². The molecule has 0 amide bonds. The van der Waals surface area contributed by atoms with Crippen molar-refractivity contribution >= 4 is 5.84 Å². The van der Waals surface area contributed by atoms with Crippen LogP contribution in [0.4, 0.5) is 0 Å². The Morgan fingerprint density at radius 2 is 2.17 bits per heavy atom. The molecule has 5 heteroatoms. The van der Waals surface area contributed by atoms with E-state index >= 15 is 0 Å². The molecule has 0 spiro atoms. The van der Waals surface area contributed by atoms with E-state index in [0.717, 1.165) is 24.3 Å². The van der Waals surface area contributed by atoms with Gasteiger partial charge in [0.15, 0.2) is 5.84 Å². The van der Waals surface area contributed by atoms with Crippen LogP contribution in [0.2, 0.25) is 0 Å². The highest BCUT2D eigenvalue weighted by atomic mass is 16.5. The van der Waals surface area contributed by atoms with E-state index in [0.29, 0.717) is 18.8 Å². The third-order valence-corrected chi connectivity index (χ3v) is 2.49. The molecule has 5 nitrogen and oxygen atoms in total. The molecule has 0 saturated carbocycles. The lowest BCUT2D eigenvalue weighted by molar-refractivity contribution is 0.130. The van der Waals surface area contributed by atoms with Gasteiger partial charge >= 0.3 is 0 Å². The van der Waals surface area contributed by atoms with Gasteiger partial charge in [0.2, 0.25) is 0 Å². The zero-order valence-corrected chi connectivity index (χ0v) is 10.8. The molecule has 0 aliphatic heterocycles. The van der Waals surface area contributed by atoms with Gasteiger partial charge in [-0.2, -0.15) is 0 Å². The van der Waals surface area contributed by atoms with Crippen LogP contribution in [0.5, 0.6) is 5.75 Å². The Hall–Kier alpha value is -1.75. The fraction of sp³-hybridized carbons (Fsp3) is 0.462.